The first kappa shape index (κ1) is 18.6. The summed E-state index contributed by atoms with van der Waals surface area (Å²) in [6.07, 6.45) is 3.91. The predicted octanol–water partition coefficient (Wildman–Crippen LogP) is 5.52. The van der Waals surface area contributed by atoms with E-state index in [0.29, 0.717) is 5.69 Å². The lowest BCUT2D eigenvalue weighted by molar-refractivity contribution is 0.469. The van der Waals surface area contributed by atoms with E-state index in [-0.39, 0.29) is 11.5 Å². The summed E-state index contributed by atoms with van der Waals surface area (Å²) in [6.45, 7) is 0. The Bertz CT molecular complexity index is 874. The molecule has 4 N–H and O–H groups in total. The summed E-state index contributed by atoms with van der Waals surface area (Å²) < 4.78 is 1.25. The third-order valence-corrected chi connectivity index (χ3v) is 5.27. The molecule has 0 unspecified atom stereocenters. The van der Waals surface area contributed by atoms with E-state index in [4.69, 9.17) is 5.73 Å². The van der Waals surface area contributed by atoms with Gasteiger partial charge in [0.05, 0.1) is 5.69 Å². The molecule has 0 radical (unpaired) electrons. The van der Waals surface area contributed by atoms with Crippen LogP contribution in [0.3, 0.4) is 0 Å². The van der Waals surface area contributed by atoms with E-state index < -0.39 is 0 Å². The first-order valence-electron chi connectivity index (χ1n) is 8.69. The highest BCUT2D eigenvalue weighted by Crippen LogP contribution is 2.36. The number of aromatic hydroxyl groups is 2. The van der Waals surface area contributed by atoms with Gasteiger partial charge in [0.25, 0.3) is 0 Å². The van der Waals surface area contributed by atoms with Gasteiger partial charge < -0.3 is 15.9 Å². The second-order valence-corrected chi connectivity index (χ2v) is 7.66. The maximum absolute atomic E-state index is 10.5. The minimum atomic E-state index is 0.171. The molecule has 3 aromatic rings. The van der Waals surface area contributed by atoms with Gasteiger partial charge >= 0.3 is 0 Å². The summed E-state index contributed by atoms with van der Waals surface area (Å²) >= 11 is 2.31. The van der Waals surface area contributed by atoms with Crippen molar-refractivity contribution in [3.8, 4) is 22.6 Å². The first-order chi connectivity index (χ1) is 12.5. The molecule has 0 amide bonds. The zero-order valence-corrected chi connectivity index (χ0v) is 16.6. The first-order valence-corrected chi connectivity index (χ1v) is 9.76. The fourth-order valence-corrected chi connectivity index (χ4v) is 3.40. The molecule has 0 heterocycles. The molecule has 0 aliphatic rings. The van der Waals surface area contributed by atoms with E-state index in [2.05, 4.69) is 46.9 Å². The Kier molecular flexibility index (Phi) is 6.04. The second kappa shape index (κ2) is 8.45. The molecule has 0 spiro atoms. The van der Waals surface area contributed by atoms with Gasteiger partial charge in [0, 0.05) is 9.13 Å². The van der Waals surface area contributed by atoms with Crippen molar-refractivity contribution in [1.82, 2.24) is 0 Å². The number of aryl methyl sites for hydroxylation is 2. The van der Waals surface area contributed by atoms with Crippen molar-refractivity contribution in [2.24, 2.45) is 0 Å². The molecule has 0 aliphatic carbocycles. The number of halogens is 1. The Morgan fingerprint density at radius 2 is 1.42 bits per heavy atom. The van der Waals surface area contributed by atoms with E-state index in [1.165, 1.54) is 9.13 Å². The Balaban J connectivity index is 1.63. The summed E-state index contributed by atoms with van der Waals surface area (Å²) in [6, 6.07) is 19.3. The number of unbranched alkanes of at least 4 members (excludes halogenated alkanes) is 1. The van der Waals surface area contributed by atoms with E-state index >= 15 is 0 Å². The largest absolute Gasteiger partial charge is 0.508 e. The minimum absolute atomic E-state index is 0.171. The van der Waals surface area contributed by atoms with Crippen molar-refractivity contribution < 1.29 is 10.2 Å². The lowest BCUT2D eigenvalue weighted by Crippen LogP contribution is -1.96. The van der Waals surface area contributed by atoms with Crippen LogP contribution >= 0.6 is 22.6 Å². The molecule has 0 aliphatic heterocycles. The molecule has 0 aromatic heterocycles. The highest BCUT2D eigenvalue weighted by atomic mass is 127. The van der Waals surface area contributed by atoms with Crippen LogP contribution in [0.15, 0.2) is 60.7 Å². The maximum atomic E-state index is 10.5. The summed E-state index contributed by atoms with van der Waals surface area (Å²) in [7, 11) is 0. The van der Waals surface area contributed by atoms with Crippen LogP contribution in [0.4, 0.5) is 5.69 Å². The zero-order valence-electron chi connectivity index (χ0n) is 14.5. The molecule has 26 heavy (non-hydrogen) atoms. The fraction of sp³-hybridized carbons (Fsp3) is 0.182. The van der Waals surface area contributed by atoms with Crippen LogP contribution < -0.4 is 5.73 Å². The molecular formula is C22H22INO2. The Morgan fingerprint density at radius 3 is 2.12 bits per heavy atom. The third kappa shape index (κ3) is 4.49. The topological polar surface area (TPSA) is 66.5 Å². The number of anilines is 1. The van der Waals surface area contributed by atoms with Crippen LogP contribution in [0.2, 0.25) is 0 Å². The minimum Gasteiger partial charge on any atom is -0.508 e. The maximum Gasteiger partial charge on any atom is 0.142 e. The van der Waals surface area contributed by atoms with Crippen LogP contribution in [-0.4, -0.2) is 10.2 Å². The average Bonchev–Trinajstić information content (AvgIpc) is 2.64. The molecule has 3 nitrogen and oxygen atoms in total. The summed E-state index contributed by atoms with van der Waals surface area (Å²) in [5.41, 5.74) is 10.4. The van der Waals surface area contributed by atoms with Gasteiger partial charge in [-0.2, -0.15) is 0 Å². The smallest absolute Gasteiger partial charge is 0.142 e. The number of nitrogen functional groups attached to an aromatic ring is 1. The number of benzene rings is 3. The zero-order chi connectivity index (χ0) is 18.5. The van der Waals surface area contributed by atoms with E-state index in [9.17, 15) is 10.2 Å². The van der Waals surface area contributed by atoms with Crippen LogP contribution in [-0.2, 0) is 12.8 Å². The Hall–Kier alpha value is -2.21. The molecule has 0 bridgehead atoms. The van der Waals surface area contributed by atoms with Crippen LogP contribution in [0.1, 0.15) is 24.0 Å². The van der Waals surface area contributed by atoms with Crippen molar-refractivity contribution >= 4 is 28.3 Å². The van der Waals surface area contributed by atoms with Crippen molar-refractivity contribution in [3.05, 3.63) is 75.4 Å². The van der Waals surface area contributed by atoms with Gasteiger partial charge in [-0.3, -0.25) is 0 Å². The quantitative estimate of drug-likeness (QED) is 0.197. The normalized spacial score (nSPS) is 10.8. The standard InChI is InChI=1S/C22H22INO2/c23-18-10-5-15(6-11-18)3-1-2-4-17-9-14-20(21(24)22(17)26)16-7-12-19(25)13-8-16/h5-14,25-26H,1-4,24H2. The molecule has 3 rings (SSSR count). The monoisotopic (exact) mass is 459 g/mol. The Morgan fingerprint density at radius 1 is 0.769 bits per heavy atom. The van der Waals surface area contributed by atoms with Crippen molar-refractivity contribution in [2.75, 3.05) is 5.73 Å². The molecule has 3 aromatic carbocycles. The van der Waals surface area contributed by atoms with Crippen molar-refractivity contribution in [1.29, 1.82) is 0 Å². The summed E-state index contributed by atoms with van der Waals surface area (Å²) in [4.78, 5) is 0. The third-order valence-electron chi connectivity index (χ3n) is 4.55. The summed E-state index contributed by atoms with van der Waals surface area (Å²) in [5.74, 6) is 0.381. The highest BCUT2D eigenvalue weighted by molar-refractivity contribution is 14.1. The second-order valence-electron chi connectivity index (χ2n) is 6.41. The highest BCUT2D eigenvalue weighted by Gasteiger charge is 2.11. The molecule has 0 saturated carbocycles. The van der Waals surface area contributed by atoms with Gasteiger partial charge in [-0.15, -0.1) is 0 Å². The van der Waals surface area contributed by atoms with Crippen molar-refractivity contribution in [2.45, 2.75) is 25.7 Å². The van der Waals surface area contributed by atoms with Gasteiger partial charge in [0.15, 0.2) is 0 Å². The molecular weight excluding hydrogens is 437 g/mol. The van der Waals surface area contributed by atoms with Crippen LogP contribution in [0.5, 0.6) is 11.5 Å². The number of rotatable bonds is 6. The van der Waals surface area contributed by atoms with Gasteiger partial charge in [0.2, 0.25) is 0 Å². The van der Waals surface area contributed by atoms with Gasteiger partial charge in [-0.25, -0.2) is 0 Å². The number of nitrogens with two attached hydrogens (primary N) is 1. The van der Waals surface area contributed by atoms with Gasteiger partial charge in [0.1, 0.15) is 11.5 Å². The number of hydrogen-bond donors (Lipinski definition) is 3. The number of phenols is 2. The molecule has 0 fully saturated rings. The van der Waals surface area contributed by atoms with Crippen LogP contribution in [0, 0.1) is 3.57 Å². The summed E-state index contributed by atoms with van der Waals surface area (Å²) in [5, 5.41) is 19.9. The molecule has 134 valence electrons. The van der Waals surface area contributed by atoms with Gasteiger partial charge in [-0.05, 0) is 89.2 Å². The van der Waals surface area contributed by atoms with E-state index in [1.54, 1.807) is 24.3 Å². The van der Waals surface area contributed by atoms with E-state index in [1.807, 2.05) is 12.1 Å². The Labute approximate surface area is 167 Å². The molecule has 0 atom stereocenters. The number of hydrogen-bond acceptors (Lipinski definition) is 3. The molecule has 0 saturated heterocycles. The SMILES string of the molecule is Nc1c(-c2ccc(O)cc2)ccc(CCCCc2ccc(I)cc2)c1O. The van der Waals surface area contributed by atoms with Crippen molar-refractivity contribution in [3.63, 3.8) is 0 Å². The number of phenolic OH excluding ortho intramolecular Hbond substituents is 2. The average molecular weight is 459 g/mol. The van der Waals surface area contributed by atoms with Crippen LogP contribution in [0.25, 0.3) is 11.1 Å². The predicted molar refractivity (Wildman–Crippen MR) is 115 cm³/mol. The lowest BCUT2D eigenvalue weighted by atomic mass is 9.97. The fourth-order valence-electron chi connectivity index (χ4n) is 3.04. The lowest BCUT2D eigenvalue weighted by Gasteiger charge is -2.12. The van der Waals surface area contributed by atoms with Gasteiger partial charge in [-0.1, -0.05) is 36.4 Å². The molecule has 4 heteroatoms. The van der Waals surface area contributed by atoms with E-state index in [0.717, 1.165) is 42.4 Å².